The van der Waals surface area contributed by atoms with Crippen LogP contribution >= 0.6 is 0 Å². The fourth-order valence-electron chi connectivity index (χ4n) is 1.58. The van der Waals surface area contributed by atoms with E-state index in [9.17, 15) is 0 Å². The molecular formula is C11H21N3. The Morgan fingerprint density at radius 1 is 1.29 bits per heavy atom. The summed E-state index contributed by atoms with van der Waals surface area (Å²) in [5.74, 6) is 0. The van der Waals surface area contributed by atoms with Crippen LogP contribution in [0.5, 0.6) is 0 Å². The van der Waals surface area contributed by atoms with Crippen molar-refractivity contribution in [2.45, 2.75) is 40.0 Å². The molecule has 14 heavy (non-hydrogen) atoms. The van der Waals surface area contributed by atoms with Crippen LogP contribution in [-0.2, 0) is 6.42 Å². The van der Waals surface area contributed by atoms with E-state index >= 15 is 0 Å². The molecular weight excluding hydrogens is 174 g/mol. The van der Waals surface area contributed by atoms with Gasteiger partial charge in [0, 0.05) is 5.69 Å². The second kappa shape index (κ2) is 5.81. The zero-order valence-corrected chi connectivity index (χ0v) is 9.48. The van der Waals surface area contributed by atoms with Gasteiger partial charge in [0.15, 0.2) is 0 Å². The van der Waals surface area contributed by atoms with Gasteiger partial charge in [-0.15, -0.1) is 0 Å². The predicted molar refractivity (Wildman–Crippen MR) is 59.5 cm³/mol. The zero-order chi connectivity index (χ0) is 10.4. The Labute approximate surface area is 86.3 Å². The predicted octanol–water partition coefficient (Wildman–Crippen LogP) is 1.96. The van der Waals surface area contributed by atoms with Gasteiger partial charge in [-0.25, -0.2) is 0 Å². The molecule has 3 heteroatoms. The van der Waals surface area contributed by atoms with Crippen LogP contribution in [0.3, 0.4) is 0 Å². The van der Waals surface area contributed by atoms with Crippen molar-refractivity contribution >= 4 is 0 Å². The number of nitrogens with one attached hydrogen (secondary N) is 2. The third kappa shape index (κ3) is 3.14. The summed E-state index contributed by atoms with van der Waals surface area (Å²) in [7, 11) is 0. The summed E-state index contributed by atoms with van der Waals surface area (Å²) in [5, 5.41) is 10.6. The number of aryl methyl sites for hydroxylation is 2. The van der Waals surface area contributed by atoms with Crippen LogP contribution in [0.4, 0.5) is 0 Å². The molecule has 1 aromatic rings. The van der Waals surface area contributed by atoms with E-state index in [-0.39, 0.29) is 0 Å². The molecule has 0 atom stereocenters. The van der Waals surface area contributed by atoms with Gasteiger partial charge in [-0.1, -0.05) is 13.3 Å². The molecule has 3 nitrogen and oxygen atoms in total. The quantitative estimate of drug-likeness (QED) is 0.681. The maximum Gasteiger partial charge on any atom is 0.0626 e. The minimum atomic E-state index is 1.06. The molecule has 0 fully saturated rings. The minimum Gasteiger partial charge on any atom is -0.316 e. The number of hydrogen-bond acceptors (Lipinski definition) is 2. The summed E-state index contributed by atoms with van der Waals surface area (Å²) in [6.45, 7) is 8.55. The number of aromatic nitrogens is 2. The number of rotatable bonds is 6. The monoisotopic (exact) mass is 195 g/mol. The van der Waals surface area contributed by atoms with Crippen molar-refractivity contribution in [1.82, 2.24) is 15.5 Å². The largest absolute Gasteiger partial charge is 0.316 e. The molecule has 0 aliphatic heterocycles. The Balaban J connectivity index is 2.24. The van der Waals surface area contributed by atoms with E-state index < -0.39 is 0 Å². The molecule has 2 N–H and O–H groups in total. The van der Waals surface area contributed by atoms with Gasteiger partial charge in [0.1, 0.15) is 0 Å². The standard InChI is InChI=1S/C11H21N3/c1-4-5-7-12-8-6-11-9(2)13-14-10(11)3/h12H,4-8H2,1-3H3,(H,13,14). The molecule has 1 rings (SSSR count). The molecule has 0 bridgehead atoms. The van der Waals surface area contributed by atoms with Gasteiger partial charge < -0.3 is 5.32 Å². The third-order valence-electron chi connectivity index (χ3n) is 2.54. The average Bonchev–Trinajstić information content (AvgIpc) is 2.48. The summed E-state index contributed by atoms with van der Waals surface area (Å²) >= 11 is 0. The molecule has 1 aromatic heterocycles. The first-order valence-electron chi connectivity index (χ1n) is 5.46. The van der Waals surface area contributed by atoms with Gasteiger partial charge in [-0.2, -0.15) is 5.10 Å². The van der Waals surface area contributed by atoms with Crippen LogP contribution < -0.4 is 5.32 Å². The summed E-state index contributed by atoms with van der Waals surface area (Å²) in [6, 6.07) is 0. The highest BCUT2D eigenvalue weighted by molar-refractivity contribution is 5.23. The second-order valence-electron chi connectivity index (χ2n) is 3.77. The summed E-state index contributed by atoms with van der Waals surface area (Å²) < 4.78 is 0. The third-order valence-corrected chi connectivity index (χ3v) is 2.54. The number of hydrogen-bond donors (Lipinski definition) is 2. The lowest BCUT2D eigenvalue weighted by Gasteiger charge is -2.03. The van der Waals surface area contributed by atoms with E-state index in [4.69, 9.17) is 0 Å². The average molecular weight is 195 g/mol. The Morgan fingerprint density at radius 2 is 2.07 bits per heavy atom. The fraction of sp³-hybridized carbons (Fsp3) is 0.727. The van der Waals surface area contributed by atoms with Crippen molar-refractivity contribution < 1.29 is 0 Å². The van der Waals surface area contributed by atoms with Crippen LogP contribution in [0, 0.1) is 13.8 Å². The molecule has 1 heterocycles. The van der Waals surface area contributed by atoms with Crippen molar-refractivity contribution in [2.75, 3.05) is 13.1 Å². The molecule has 0 saturated heterocycles. The first-order valence-corrected chi connectivity index (χ1v) is 5.46. The van der Waals surface area contributed by atoms with Gasteiger partial charge in [0.2, 0.25) is 0 Å². The molecule has 0 aliphatic rings. The summed E-state index contributed by atoms with van der Waals surface area (Å²) in [4.78, 5) is 0. The highest BCUT2D eigenvalue weighted by atomic mass is 15.1. The van der Waals surface area contributed by atoms with Crippen molar-refractivity contribution in [3.63, 3.8) is 0 Å². The Morgan fingerprint density at radius 3 is 2.64 bits per heavy atom. The highest BCUT2D eigenvalue weighted by Gasteiger charge is 2.04. The van der Waals surface area contributed by atoms with Crippen molar-refractivity contribution in [3.05, 3.63) is 17.0 Å². The van der Waals surface area contributed by atoms with E-state index in [0.717, 1.165) is 25.2 Å². The summed E-state index contributed by atoms with van der Waals surface area (Å²) in [5.41, 5.74) is 3.72. The van der Waals surface area contributed by atoms with Gasteiger partial charge in [0.25, 0.3) is 0 Å². The lowest BCUT2D eigenvalue weighted by atomic mass is 10.1. The number of unbranched alkanes of at least 4 members (excludes halogenated alkanes) is 1. The number of nitrogens with zero attached hydrogens (tertiary/aromatic N) is 1. The maximum absolute atomic E-state index is 4.18. The van der Waals surface area contributed by atoms with Gasteiger partial charge in [-0.05, 0) is 45.3 Å². The minimum absolute atomic E-state index is 1.06. The van der Waals surface area contributed by atoms with Crippen LogP contribution in [0.2, 0.25) is 0 Å². The second-order valence-corrected chi connectivity index (χ2v) is 3.77. The lowest BCUT2D eigenvalue weighted by molar-refractivity contribution is 0.638. The molecule has 0 radical (unpaired) electrons. The van der Waals surface area contributed by atoms with Gasteiger partial charge >= 0.3 is 0 Å². The van der Waals surface area contributed by atoms with Crippen LogP contribution in [0.15, 0.2) is 0 Å². The molecule has 0 spiro atoms. The molecule has 0 amide bonds. The Hall–Kier alpha value is -0.830. The molecule has 0 aliphatic carbocycles. The first kappa shape index (κ1) is 11.2. The highest BCUT2D eigenvalue weighted by Crippen LogP contribution is 2.08. The van der Waals surface area contributed by atoms with Crippen molar-refractivity contribution in [1.29, 1.82) is 0 Å². The van der Waals surface area contributed by atoms with E-state index in [2.05, 4.69) is 36.3 Å². The first-order chi connectivity index (χ1) is 6.75. The fourth-order valence-corrected chi connectivity index (χ4v) is 1.58. The smallest absolute Gasteiger partial charge is 0.0626 e. The van der Waals surface area contributed by atoms with Crippen molar-refractivity contribution in [2.24, 2.45) is 0 Å². The molecule has 0 aromatic carbocycles. The zero-order valence-electron chi connectivity index (χ0n) is 9.48. The van der Waals surface area contributed by atoms with E-state index in [1.54, 1.807) is 0 Å². The number of H-pyrrole nitrogens is 1. The Kier molecular flexibility index (Phi) is 4.66. The lowest BCUT2D eigenvalue weighted by Crippen LogP contribution is -2.18. The SMILES string of the molecule is CCCCNCCc1c(C)n[nH]c1C. The van der Waals surface area contributed by atoms with E-state index in [0.29, 0.717) is 0 Å². The number of aromatic amines is 1. The normalized spacial score (nSPS) is 10.8. The van der Waals surface area contributed by atoms with Gasteiger partial charge in [-0.3, -0.25) is 5.10 Å². The van der Waals surface area contributed by atoms with E-state index in [1.165, 1.54) is 24.1 Å². The van der Waals surface area contributed by atoms with Crippen LogP contribution in [0.1, 0.15) is 36.7 Å². The van der Waals surface area contributed by atoms with E-state index in [1.807, 2.05) is 0 Å². The van der Waals surface area contributed by atoms with Crippen molar-refractivity contribution in [3.8, 4) is 0 Å². The van der Waals surface area contributed by atoms with Crippen LogP contribution in [0.25, 0.3) is 0 Å². The topological polar surface area (TPSA) is 40.7 Å². The summed E-state index contributed by atoms with van der Waals surface area (Å²) in [6.07, 6.45) is 3.61. The molecule has 0 unspecified atom stereocenters. The van der Waals surface area contributed by atoms with Gasteiger partial charge in [0.05, 0.1) is 5.69 Å². The van der Waals surface area contributed by atoms with Crippen LogP contribution in [-0.4, -0.2) is 23.3 Å². The molecule has 80 valence electrons. The molecule has 0 saturated carbocycles. The maximum atomic E-state index is 4.18. The Bertz CT molecular complexity index is 246.